The second-order valence-electron chi connectivity index (χ2n) is 5.98. The van der Waals surface area contributed by atoms with Crippen LogP contribution >= 0.6 is 0 Å². The number of aliphatic carboxylic acids is 3. The fourth-order valence-corrected chi connectivity index (χ4v) is 2.69. The number of carbonyl (C=O) groups excluding carboxylic acids is 1. The third-order valence-electron chi connectivity index (χ3n) is 3.96. The first kappa shape index (κ1) is 20.1. The number of nitrogens with zero attached hydrogens (tertiary/aromatic N) is 3. The van der Waals surface area contributed by atoms with Gasteiger partial charge in [-0.05, 0) is 12.8 Å². The van der Waals surface area contributed by atoms with Crippen molar-refractivity contribution in [3.63, 3.8) is 0 Å². The predicted molar refractivity (Wildman–Crippen MR) is 84.4 cm³/mol. The van der Waals surface area contributed by atoms with E-state index in [0.717, 1.165) is 0 Å². The number of rotatable bonds is 8. The predicted octanol–water partition coefficient (Wildman–Crippen LogP) is -0.681. The molecule has 2 rings (SSSR count). The van der Waals surface area contributed by atoms with Crippen LogP contribution in [0.5, 0.6) is 0 Å². The fourth-order valence-electron chi connectivity index (χ4n) is 2.69. The van der Waals surface area contributed by atoms with Gasteiger partial charge in [-0.3, -0.25) is 9.59 Å². The number of likely N-dealkylation sites (tertiary alicyclic amines) is 1. The van der Waals surface area contributed by atoms with Gasteiger partial charge in [-0.2, -0.15) is 4.98 Å². The molecule has 3 atom stereocenters. The maximum absolute atomic E-state index is 12.4. The Kier molecular flexibility index (Phi) is 6.28. The van der Waals surface area contributed by atoms with Gasteiger partial charge in [-0.15, -0.1) is 0 Å². The molecule has 2 amide bonds. The monoisotopic (exact) mass is 385 g/mol. The smallest absolute Gasteiger partial charge is 0.326 e. The Morgan fingerprint density at radius 3 is 2.48 bits per heavy atom. The van der Waals surface area contributed by atoms with Crippen LogP contribution in [0.4, 0.5) is 4.79 Å². The molecule has 1 aromatic heterocycles. The van der Waals surface area contributed by atoms with Gasteiger partial charge < -0.3 is 35.8 Å². The molecule has 0 radical (unpaired) electrons. The highest BCUT2D eigenvalue weighted by Gasteiger charge is 2.36. The molecule has 2 heterocycles. The van der Waals surface area contributed by atoms with E-state index < -0.39 is 54.9 Å². The van der Waals surface area contributed by atoms with E-state index in [9.17, 15) is 19.2 Å². The van der Waals surface area contributed by atoms with Gasteiger partial charge in [-0.1, -0.05) is 5.16 Å². The number of carboxylic acid groups (broad SMARTS) is 3. The van der Waals surface area contributed by atoms with Crippen molar-refractivity contribution in [3.8, 4) is 0 Å². The standard InChI is InChI=1S/C14H19N5O8/c15-6(4-9(20)21)11-17-12(27-18-11)8-2-1-3-19(8)14(26)16-7(13(24)25)5-10(22)23/h6-8H,1-5,15H2,(H,16,26)(H,20,21)(H,22,23)(H,24,25)/t6?,7-,8-/m0/s1. The van der Waals surface area contributed by atoms with Gasteiger partial charge in [0.25, 0.3) is 0 Å². The van der Waals surface area contributed by atoms with E-state index in [4.69, 9.17) is 25.6 Å². The third kappa shape index (κ3) is 5.13. The van der Waals surface area contributed by atoms with Crippen LogP contribution < -0.4 is 11.1 Å². The summed E-state index contributed by atoms with van der Waals surface area (Å²) >= 11 is 0. The van der Waals surface area contributed by atoms with Gasteiger partial charge in [0.15, 0.2) is 5.82 Å². The van der Waals surface area contributed by atoms with Crippen molar-refractivity contribution in [1.29, 1.82) is 0 Å². The second-order valence-corrected chi connectivity index (χ2v) is 5.98. The molecule has 1 unspecified atom stereocenters. The number of carboxylic acids is 3. The van der Waals surface area contributed by atoms with E-state index in [-0.39, 0.29) is 18.3 Å². The van der Waals surface area contributed by atoms with E-state index >= 15 is 0 Å². The molecule has 0 saturated carbocycles. The zero-order chi connectivity index (χ0) is 20.1. The molecule has 148 valence electrons. The number of amides is 2. The molecule has 1 saturated heterocycles. The van der Waals surface area contributed by atoms with Crippen molar-refractivity contribution < 1.29 is 39.0 Å². The van der Waals surface area contributed by atoms with Crippen molar-refractivity contribution in [2.24, 2.45) is 5.73 Å². The highest BCUT2D eigenvalue weighted by Crippen LogP contribution is 2.31. The van der Waals surface area contributed by atoms with Crippen LogP contribution in [0.25, 0.3) is 0 Å². The lowest BCUT2D eigenvalue weighted by Gasteiger charge is -2.24. The normalized spacial score (nSPS) is 18.7. The molecular formula is C14H19N5O8. The SMILES string of the molecule is NC(CC(=O)O)c1noc([C@@H]2CCCN2C(=O)N[C@@H](CC(=O)O)C(=O)O)n1. The minimum absolute atomic E-state index is 0.0195. The Hall–Kier alpha value is -3.22. The molecule has 13 heteroatoms. The van der Waals surface area contributed by atoms with E-state index in [1.165, 1.54) is 4.90 Å². The molecule has 13 nitrogen and oxygen atoms in total. The number of carbonyl (C=O) groups is 4. The molecular weight excluding hydrogens is 366 g/mol. The molecule has 0 aliphatic carbocycles. The lowest BCUT2D eigenvalue weighted by molar-refractivity contribution is -0.145. The summed E-state index contributed by atoms with van der Waals surface area (Å²) in [5.41, 5.74) is 5.67. The van der Waals surface area contributed by atoms with Crippen LogP contribution in [-0.2, 0) is 14.4 Å². The van der Waals surface area contributed by atoms with Gasteiger partial charge in [0.1, 0.15) is 12.1 Å². The number of aromatic nitrogens is 2. The summed E-state index contributed by atoms with van der Waals surface area (Å²) in [6.45, 7) is 0.273. The maximum Gasteiger partial charge on any atom is 0.326 e. The summed E-state index contributed by atoms with van der Waals surface area (Å²) in [4.78, 5) is 50.2. The third-order valence-corrected chi connectivity index (χ3v) is 3.96. The molecule has 0 bridgehead atoms. The van der Waals surface area contributed by atoms with E-state index in [2.05, 4.69) is 15.5 Å². The first-order valence-corrected chi connectivity index (χ1v) is 8.01. The summed E-state index contributed by atoms with van der Waals surface area (Å²) in [6.07, 6.45) is -0.134. The molecule has 1 aromatic rings. The van der Waals surface area contributed by atoms with Crippen LogP contribution in [0.1, 0.15) is 49.5 Å². The van der Waals surface area contributed by atoms with Crippen molar-refractivity contribution >= 4 is 23.9 Å². The summed E-state index contributed by atoms with van der Waals surface area (Å²) in [6, 6.07) is -3.99. The van der Waals surface area contributed by atoms with E-state index in [1.54, 1.807) is 0 Å². The van der Waals surface area contributed by atoms with Crippen molar-refractivity contribution in [2.75, 3.05) is 6.54 Å². The first-order chi connectivity index (χ1) is 12.7. The van der Waals surface area contributed by atoms with Crippen LogP contribution in [0.3, 0.4) is 0 Å². The van der Waals surface area contributed by atoms with Crippen LogP contribution in [-0.4, -0.2) is 66.9 Å². The molecule has 1 aliphatic heterocycles. The van der Waals surface area contributed by atoms with Crippen molar-refractivity contribution in [3.05, 3.63) is 11.7 Å². The highest BCUT2D eigenvalue weighted by atomic mass is 16.5. The highest BCUT2D eigenvalue weighted by molar-refractivity contribution is 5.86. The number of nitrogens with two attached hydrogens (primary N) is 1. The summed E-state index contributed by atoms with van der Waals surface area (Å²) in [5, 5.41) is 32.3. The number of urea groups is 1. The van der Waals surface area contributed by atoms with Crippen LogP contribution in [0.2, 0.25) is 0 Å². The average Bonchev–Trinajstić information content (AvgIpc) is 3.21. The maximum atomic E-state index is 12.4. The van der Waals surface area contributed by atoms with E-state index in [1.807, 2.05) is 0 Å². The minimum atomic E-state index is -1.58. The Labute approximate surface area is 152 Å². The molecule has 0 spiro atoms. The molecule has 27 heavy (non-hydrogen) atoms. The van der Waals surface area contributed by atoms with Gasteiger partial charge in [0, 0.05) is 6.54 Å². The number of hydrogen-bond acceptors (Lipinski definition) is 8. The molecule has 6 N–H and O–H groups in total. The second kappa shape index (κ2) is 8.44. The molecule has 0 aromatic carbocycles. The lowest BCUT2D eigenvalue weighted by Crippen LogP contribution is -2.48. The fraction of sp³-hybridized carbons (Fsp3) is 0.571. The Balaban J connectivity index is 2.09. The number of nitrogens with one attached hydrogen (secondary N) is 1. The summed E-state index contributed by atoms with van der Waals surface area (Å²) < 4.78 is 5.08. The number of hydrogen-bond donors (Lipinski definition) is 5. The zero-order valence-corrected chi connectivity index (χ0v) is 14.1. The topological polar surface area (TPSA) is 209 Å². The minimum Gasteiger partial charge on any atom is -0.481 e. The molecule has 1 fully saturated rings. The van der Waals surface area contributed by atoms with Gasteiger partial charge >= 0.3 is 23.9 Å². The average molecular weight is 385 g/mol. The van der Waals surface area contributed by atoms with Gasteiger partial charge in [0.05, 0.1) is 18.9 Å². The van der Waals surface area contributed by atoms with Gasteiger partial charge in [-0.25, -0.2) is 9.59 Å². The van der Waals surface area contributed by atoms with Crippen molar-refractivity contribution in [2.45, 2.75) is 43.8 Å². The van der Waals surface area contributed by atoms with Crippen LogP contribution in [0.15, 0.2) is 4.52 Å². The lowest BCUT2D eigenvalue weighted by atomic mass is 10.2. The quantitative estimate of drug-likeness (QED) is 0.378. The largest absolute Gasteiger partial charge is 0.481 e. The Morgan fingerprint density at radius 2 is 1.89 bits per heavy atom. The Morgan fingerprint density at radius 1 is 1.22 bits per heavy atom. The van der Waals surface area contributed by atoms with Gasteiger partial charge in [0.2, 0.25) is 5.89 Å². The van der Waals surface area contributed by atoms with E-state index in [0.29, 0.717) is 12.8 Å². The van der Waals surface area contributed by atoms with Crippen molar-refractivity contribution in [1.82, 2.24) is 20.4 Å². The van der Waals surface area contributed by atoms with Crippen LogP contribution in [0, 0.1) is 0 Å². The first-order valence-electron chi connectivity index (χ1n) is 8.01. The molecule has 1 aliphatic rings. The zero-order valence-electron chi connectivity index (χ0n) is 14.1. The summed E-state index contributed by atoms with van der Waals surface area (Å²) in [7, 11) is 0. The Bertz CT molecular complexity index is 735. The summed E-state index contributed by atoms with van der Waals surface area (Å²) in [5.74, 6) is -3.94.